The minimum Gasteiger partial charge on any atom is -0.495 e. The Morgan fingerprint density at radius 3 is 1.49 bits per heavy atom. The molecule has 9 rings (SSSR count). The Kier molecular flexibility index (Phi) is 17.1. The smallest absolute Gasteiger partial charge is 0.204 e. The lowest BCUT2D eigenvalue weighted by molar-refractivity contribution is 0.0982. The average molecular weight is 985 g/mol. The maximum Gasteiger partial charge on any atom is 0.204 e. The van der Waals surface area contributed by atoms with Gasteiger partial charge in [0.25, 0.3) is 0 Å². The molecule has 0 radical (unpaired) electrons. The molecule has 0 N–H and O–H groups in total. The summed E-state index contributed by atoms with van der Waals surface area (Å²) < 4.78 is 35.1. The van der Waals surface area contributed by atoms with Crippen LogP contribution in [0.2, 0.25) is 0 Å². The van der Waals surface area contributed by atoms with Crippen molar-refractivity contribution in [3.05, 3.63) is 110 Å². The van der Waals surface area contributed by atoms with E-state index in [4.69, 9.17) is 40.0 Å². The number of benzene rings is 2. The Morgan fingerprint density at radius 1 is 0.522 bits per heavy atom. The third-order valence-corrected chi connectivity index (χ3v) is 15.3. The number of ether oxygens (including phenoxy) is 6. The summed E-state index contributed by atoms with van der Waals surface area (Å²) in [6, 6.07) is 11.7. The van der Waals surface area contributed by atoms with Crippen LogP contribution in [0.15, 0.2) is 73.6 Å². The van der Waals surface area contributed by atoms with Crippen LogP contribution in [0.3, 0.4) is 0 Å². The predicted molar refractivity (Wildman–Crippen MR) is 271 cm³/mol. The number of nitrogens with zero attached hydrogens (tertiary/aromatic N) is 5. The lowest BCUT2D eigenvalue weighted by Gasteiger charge is -2.18. The lowest BCUT2D eigenvalue weighted by atomic mass is 9.90. The molecule has 0 atom stereocenters. The molecule has 352 valence electrons. The molecule has 13 nitrogen and oxygen atoms in total. The number of hydrogen-bond acceptors (Lipinski definition) is 16. The van der Waals surface area contributed by atoms with Crippen molar-refractivity contribution in [2.24, 2.45) is 0 Å². The van der Waals surface area contributed by atoms with Crippen LogP contribution in [0.4, 0.5) is 0 Å². The van der Waals surface area contributed by atoms with Gasteiger partial charge < -0.3 is 28.4 Å². The standard InChI is InChI=1S/C19H24N2O3S.C17H18N2O3S.C14H12ClNO2S/c1-5-21(8-9-22-2)12-13-10-15-17(23-3)16-11-20-7-6-14(16)18(24-4)19(15)25-13;1-3-19(6-7-22-2)10-11-8-13-15(20)14-9-18-5-4-12(14)16(21)17(13)23-11;1-17-12-10-5-8(6-15)19-14(10)13(18-2)9-3-4-16-7-11(9)12/h6-7,10-11H,5,8-9,12H2,1-4H3;4-5,8-9H,3,6-7,10H2,1-2H3;3-5,7H,6H2,1-2H3. The van der Waals surface area contributed by atoms with Gasteiger partial charge in [0.15, 0.2) is 5.78 Å². The quantitative estimate of drug-likeness (QED) is 0.0802. The van der Waals surface area contributed by atoms with Crippen LogP contribution >= 0.6 is 45.6 Å². The molecule has 0 spiro atoms. The van der Waals surface area contributed by atoms with Gasteiger partial charge in [-0.25, -0.2) is 0 Å². The molecule has 67 heavy (non-hydrogen) atoms. The highest BCUT2D eigenvalue weighted by Gasteiger charge is 2.32. The van der Waals surface area contributed by atoms with E-state index in [-0.39, 0.29) is 11.6 Å². The summed E-state index contributed by atoms with van der Waals surface area (Å²) >= 11 is 10.7. The predicted octanol–water partition coefficient (Wildman–Crippen LogP) is 10.5. The number of hydrogen-bond donors (Lipinski definition) is 0. The van der Waals surface area contributed by atoms with Crippen molar-refractivity contribution >= 4 is 98.9 Å². The van der Waals surface area contributed by atoms with E-state index in [9.17, 15) is 9.59 Å². The zero-order valence-corrected chi connectivity index (χ0v) is 42.1. The number of carbonyl (C=O) groups is 2. The van der Waals surface area contributed by atoms with Crippen molar-refractivity contribution in [2.75, 3.05) is 82.1 Å². The van der Waals surface area contributed by atoms with Crippen LogP contribution < -0.4 is 18.9 Å². The van der Waals surface area contributed by atoms with Gasteiger partial charge in [-0.15, -0.1) is 45.6 Å². The van der Waals surface area contributed by atoms with E-state index < -0.39 is 0 Å². The topological polar surface area (TPSA) is 135 Å². The van der Waals surface area contributed by atoms with E-state index in [1.165, 1.54) is 22.4 Å². The van der Waals surface area contributed by atoms with Crippen LogP contribution in [0, 0.1) is 0 Å². The molecule has 6 heterocycles. The number of thiophene rings is 3. The normalized spacial score (nSPS) is 12.0. The highest BCUT2D eigenvalue weighted by molar-refractivity contribution is 7.20. The van der Waals surface area contributed by atoms with Crippen LogP contribution in [0.1, 0.15) is 59.6 Å². The van der Waals surface area contributed by atoms with E-state index >= 15 is 0 Å². The third kappa shape index (κ3) is 10.4. The molecular formula is C50H54ClN5O8S3. The first-order valence-electron chi connectivity index (χ1n) is 21.6. The zero-order chi connectivity index (χ0) is 47.6. The second-order valence-electron chi connectivity index (χ2n) is 15.3. The van der Waals surface area contributed by atoms with Crippen LogP contribution in [0.25, 0.3) is 41.7 Å². The summed E-state index contributed by atoms with van der Waals surface area (Å²) in [5, 5.41) is 6.08. The van der Waals surface area contributed by atoms with Crippen molar-refractivity contribution in [3.8, 4) is 23.0 Å². The number of fused-ring (bicyclic) bond motifs is 6. The summed E-state index contributed by atoms with van der Waals surface area (Å²) in [5.74, 6) is 3.74. The van der Waals surface area contributed by atoms with Gasteiger partial charge in [0.05, 0.1) is 67.4 Å². The monoisotopic (exact) mass is 983 g/mol. The summed E-state index contributed by atoms with van der Waals surface area (Å²) in [7, 11) is 10.2. The van der Waals surface area contributed by atoms with E-state index in [1.807, 2.05) is 24.4 Å². The van der Waals surface area contributed by atoms with Crippen LogP contribution in [-0.4, -0.2) is 118 Å². The van der Waals surface area contributed by atoms with Gasteiger partial charge in [0.2, 0.25) is 5.78 Å². The van der Waals surface area contributed by atoms with Gasteiger partial charge in [0.1, 0.15) is 23.0 Å². The minimum atomic E-state index is -0.106. The van der Waals surface area contributed by atoms with E-state index in [0.717, 1.165) is 114 Å². The van der Waals surface area contributed by atoms with Gasteiger partial charge in [-0.05, 0) is 49.5 Å². The van der Waals surface area contributed by atoms with Gasteiger partial charge in [-0.1, -0.05) is 13.8 Å². The molecule has 6 aromatic heterocycles. The number of methoxy groups -OCH3 is 6. The summed E-state index contributed by atoms with van der Waals surface area (Å²) in [6.07, 6.45) is 10.2. The highest BCUT2D eigenvalue weighted by Crippen LogP contribution is 2.47. The Balaban J connectivity index is 0.000000150. The lowest BCUT2D eigenvalue weighted by Crippen LogP contribution is -2.26. The SMILES string of the molecule is CCN(CCOC)Cc1cc2c(OC)c3cnccc3c(OC)c2s1.CCN(CCOC)Cc1cc2c(s1)C(=O)c1ccncc1C2=O.COc1c2cnccc2c(OC)c2sc(CCl)cc12. The van der Waals surface area contributed by atoms with E-state index in [0.29, 0.717) is 40.6 Å². The molecule has 0 saturated carbocycles. The first-order chi connectivity index (χ1) is 32.7. The Labute approximate surface area is 407 Å². The van der Waals surface area contributed by atoms with Gasteiger partial charge in [0, 0.05) is 136 Å². The molecule has 8 aromatic rings. The largest absolute Gasteiger partial charge is 0.495 e. The molecule has 0 unspecified atom stereocenters. The van der Waals surface area contributed by atoms with Gasteiger partial charge >= 0.3 is 0 Å². The number of alkyl halides is 1. The molecule has 0 aliphatic heterocycles. The molecule has 1 aliphatic carbocycles. The molecule has 0 fully saturated rings. The second kappa shape index (κ2) is 23.1. The second-order valence-corrected chi connectivity index (χ2v) is 19.0. The molecule has 1 aliphatic rings. The Bertz CT molecular complexity index is 2830. The van der Waals surface area contributed by atoms with E-state index in [2.05, 4.69) is 50.7 Å². The maximum absolute atomic E-state index is 12.6. The molecule has 0 amide bonds. The van der Waals surface area contributed by atoms with E-state index in [1.54, 1.807) is 96.2 Å². The summed E-state index contributed by atoms with van der Waals surface area (Å²) in [4.78, 5) is 46.1. The van der Waals surface area contributed by atoms with Gasteiger partial charge in [-0.3, -0.25) is 34.3 Å². The number of carbonyl (C=O) groups excluding carboxylic acids is 2. The summed E-state index contributed by atoms with van der Waals surface area (Å²) in [5.41, 5.74) is 1.37. The van der Waals surface area contributed by atoms with Crippen molar-refractivity contribution in [1.82, 2.24) is 24.8 Å². The van der Waals surface area contributed by atoms with Crippen molar-refractivity contribution < 1.29 is 38.0 Å². The fourth-order valence-electron chi connectivity index (χ4n) is 8.11. The fraction of sp³-hybridized carbons (Fsp3) is 0.340. The number of pyridine rings is 3. The van der Waals surface area contributed by atoms with Crippen LogP contribution in [-0.2, 0) is 28.4 Å². The minimum absolute atomic E-state index is 0.0758. The van der Waals surface area contributed by atoms with Crippen molar-refractivity contribution in [3.63, 3.8) is 0 Å². The van der Waals surface area contributed by atoms with Gasteiger partial charge in [-0.2, -0.15) is 0 Å². The fourth-order valence-corrected chi connectivity index (χ4v) is 11.8. The number of aromatic nitrogens is 3. The first kappa shape index (κ1) is 49.6. The molecule has 17 heteroatoms. The average Bonchev–Trinajstić information content (AvgIpc) is 4.12. The maximum atomic E-state index is 12.6. The number of likely N-dealkylation sites (N-methyl/N-ethyl adjacent to an activating group) is 2. The number of ketones is 2. The zero-order valence-electron chi connectivity index (χ0n) is 38.9. The first-order valence-corrected chi connectivity index (χ1v) is 24.6. The molecule has 2 aromatic carbocycles. The highest BCUT2D eigenvalue weighted by atomic mass is 35.5. The summed E-state index contributed by atoms with van der Waals surface area (Å²) in [6.45, 7) is 10.9. The Hall–Kier alpha value is -5.30. The van der Waals surface area contributed by atoms with Crippen LogP contribution in [0.5, 0.6) is 23.0 Å². The Morgan fingerprint density at radius 2 is 1.00 bits per heavy atom. The molecule has 0 bridgehead atoms. The number of rotatable bonds is 17. The third-order valence-electron chi connectivity index (χ3n) is 11.5. The molecular weight excluding hydrogens is 930 g/mol. The number of halogens is 1. The molecule has 0 saturated heterocycles. The van der Waals surface area contributed by atoms with Crippen molar-refractivity contribution in [2.45, 2.75) is 32.8 Å². The van der Waals surface area contributed by atoms with Crippen molar-refractivity contribution in [1.29, 1.82) is 0 Å².